The van der Waals surface area contributed by atoms with E-state index in [-0.39, 0.29) is 5.56 Å². The molecule has 0 saturated carbocycles. The summed E-state index contributed by atoms with van der Waals surface area (Å²) >= 11 is 1.36. The van der Waals surface area contributed by atoms with Crippen LogP contribution in [-0.4, -0.2) is 36.4 Å². The molecule has 0 amide bonds. The summed E-state index contributed by atoms with van der Waals surface area (Å²) in [6.07, 6.45) is -4.51. The molecular weight excluding hydrogens is 301 g/mol. The summed E-state index contributed by atoms with van der Waals surface area (Å²) in [5, 5.41) is 13.9. The summed E-state index contributed by atoms with van der Waals surface area (Å²) in [6.45, 7) is 3.00. The van der Waals surface area contributed by atoms with Gasteiger partial charge in [-0.05, 0) is 28.5 Å². The molecule has 0 aliphatic carbocycles. The Morgan fingerprint density at radius 2 is 1.95 bits per heavy atom. The van der Waals surface area contributed by atoms with Crippen LogP contribution in [0.1, 0.15) is 5.69 Å². The Morgan fingerprint density at radius 1 is 1.19 bits per heavy atom. The van der Waals surface area contributed by atoms with Gasteiger partial charge in [0.2, 0.25) is 0 Å². The zero-order chi connectivity index (χ0) is 14.9. The van der Waals surface area contributed by atoms with Gasteiger partial charge in [0, 0.05) is 31.7 Å². The number of alkyl halides is 3. The van der Waals surface area contributed by atoms with E-state index in [9.17, 15) is 13.2 Å². The van der Waals surface area contributed by atoms with Gasteiger partial charge in [-0.3, -0.25) is 0 Å². The lowest BCUT2D eigenvalue weighted by molar-refractivity contribution is -0.141. The molecule has 1 fully saturated rings. The van der Waals surface area contributed by atoms with Gasteiger partial charge in [-0.25, -0.2) is 0 Å². The summed E-state index contributed by atoms with van der Waals surface area (Å²) in [6, 6.07) is 3.15. The molecule has 3 rings (SSSR count). The molecular formula is C13H13F3N4S. The third kappa shape index (κ3) is 3.01. The van der Waals surface area contributed by atoms with Gasteiger partial charge >= 0.3 is 6.18 Å². The summed E-state index contributed by atoms with van der Waals surface area (Å²) in [5.41, 5.74) is -0.314. The molecule has 0 spiro atoms. The first-order chi connectivity index (χ1) is 10.1. The lowest BCUT2D eigenvalue weighted by atomic mass is 10.1. The van der Waals surface area contributed by atoms with Crippen LogP contribution in [0.25, 0.3) is 11.1 Å². The highest BCUT2D eigenvalue weighted by atomic mass is 32.1. The van der Waals surface area contributed by atoms with Gasteiger partial charge in [0.1, 0.15) is 0 Å². The molecule has 21 heavy (non-hydrogen) atoms. The molecule has 1 aliphatic heterocycles. The fourth-order valence-electron chi connectivity index (χ4n) is 2.28. The average molecular weight is 314 g/mol. The monoisotopic (exact) mass is 314 g/mol. The number of aromatic nitrogens is 2. The highest BCUT2D eigenvalue weighted by molar-refractivity contribution is 7.08. The number of rotatable bonds is 2. The molecule has 0 aromatic carbocycles. The summed E-state index contributed by atoms with van der Waals surface area (Å²) in [4.78, 5) is 1.94. The van der Waals surface area contributed by atoms with E-state index >= 15 is 0 Å². The summed E-state index contributed by atoms with van der Waals surface area (Å²) < 4.78 is 39.3. The van der Waals surface area contributed by atoms with E-state index in [0.29, 0.717) is 24.5 Å². The number of halogens is 3. The zero-order valence-corrected chi connectivity index (χ0v) is 11.8. The molecule has 1 saturated heterocycles. The van der Waals surface area contributed by atoms with Crippen LogP contribution >= 0.6 is 11.3 Å². The predicted molar refractivity (Wildman–Crippen MR) is 75.4 cm³/mol. The van der Waals surface area contributed by atoms with E-state index in [0.717, 1.165) is 13.1 Å². The molecule has 1 N–H and O–H groups in total. The SMILES string of the molecule is FC(F)(F)c1nnc(N2CCNCC2)cc1-c1ccsc1. The molecule has 2 aromatic rings. The Hall–Kier alpha value is -1.67. The molecule has 8 heteroatoms. The van der Waals surface area contributed by atoms with Gasteiger partial charge < -0.3 is 10.2 Å². The number of thiophene rings is 1. The first-order valence-corrected chi connectivity index (χ1v) is 7.43. The number of piperazine rings is 1. The predicted octanol–water partition coefficient (Wildman–Crippen LogP) is 2.63. The van der Waals surface area contributed by atoms with E-state index in [2.05, 4.69) is 15.5 Å². The van der Waals surface area contributed by atoms with Gasteiger partial charge in [0.25, 0.3) is 0 Å². The van der Waals surface area contributed by atoms with Gasteiger partial charge in [0.05, 0.1) is 0 Å². The molecule has 0 unspecified atom stereocenters. The fraction of sp³-hybridized carbons (Fsp3) is 0.385. The van der Waals surface area contributed by atoms with Crippen molar-refractivity contribution in [2.24, 2.45) is 0 Å². The minimum absolute atomic E-state index is 0.0901. The van der Waals surface area contributed by atoms with Gasteiger partial charge in [-0.15, -0.1) is 10.2 Å². The number of nitrogens with one attached hydrogen (secondary N) is 1. The second-order valence-corrected chi connectivity index (χ2v) is 5.49. The topological polar surface area (TPSA) is 41.1 Å². The number of hydrogen-bond donors (Lipinski definition) is 1. The van der Waals surface area contributed by atoms with E-state index in [1.54, 1.807) is 16.8 Å². The zero-order valence-electron chi connectivity index (χ0n) is 11.0. The van der Waals surface area contributed by atoms with Gasteiger partial charge in [0.15, 0.2) is 11.5 Å². The summed E-state index contributed by atoms with van der Waals surface area (Å²) in [5.74, 6) is 0.491. The second-order valence-electron chi connectivity index (χ2n) is 4.71. The Morgan fingerprint density at radius 3 is 2.57 bits per heavy atom. The number of hydrogen-bond acceptors (Lipinski definition) is 5. The minimum Gasteiger partial charge on any atom is -0.353 e. The van der Waals surface area contributed by atoms with Gasteiger partial charge in [-0.2, -0.15) is 24.5 Å². The highest BCUT2D eigenvalue weighted by Gasteiger charge is 2.37. The van der Waals surface area contributed by atoms with Crippen molar-refractivity contribution in [3.05, 3.63) is 28.6 Å². The van der Waals surface area contributed by atoms with Crippen LogP contribution in [0.3, 0.4) is 0 Å². The van der Waals surface area contributed by atoms with Gasteiger partial charge in [-0.1, -0.05) is 0 Å². The van der Waals surface area contributed by atoms with E-state index < -0.39 is 11.9 Å². The van der Waals surface area contributed by atoms with Crippen LogP contribution in [0.4, 0.5) is 19.0 Å². The third-order valence-electron chi connectivity index (χ3n) is 3.32. The Labute approximate surface area is 123 Å². The van der Waals surface area contributed by atoms with Crippen LogP contribution in [0.2, 0.25) is 0 Å². The van der Waals surface area contributed by atoms with Crippen molar-refractivity contribution in [2.45, 2.75) is 6.18 Å². The van der Waals surface area contributed by atoms with E-state index in [1.807, 2.05) is 4.90 Å². The van der Waals surface area contributed by atoms with Crippen LogP contribution in [-0.2, 0) is 6.18 Å². The molecule has 3 heterocycles. The smallest absolute Gasteiger partial charge is 0.353 e. The maximum Gasteiger partial charge on any atom is 0.435 e. The first kappa shape index (κ1) is 14.3. The fourth-order valence-corrected chi connectivity index (χ4v) is 2.93. The van der Waals surface area contributed by atoms with Crippen molar-refractivity contribution in [3.8, 4) is 11.1 Å². The maximum absolute atomic E-state index is 13.1. The summed E-state index contributed by atoms with van der Waals surface area (Å²) in [7, 11) is 0. The van der Waals surface area contributed by atoms with Crippen molar-refractivity contribution in [1.82, 2.24) is 15.5 Å². The lowest BCUT2D eigenvalue weighted by Crippen LogP contribution is -2.44. The van der Waals surface area contributed by atoms with E-state index in [1.165, 1.54) is 17.4 Å². The standard InChI is InChI=1S/C13H13F3N4S/c14-13(15,16)12-10(9-1-6-21-8-9)7-11(18-19-12)20-4-2-17-3-5-20/h1,6-8,17H,2-5H2. The average Bonchev–Trinajstić information content (AvgIpc) is 3.01. The van der Waals surface area contributed by atoms with Crippen molar-refractivity contribution < 1.29 is 13.2 Å². The second kappa shape index (κ2) is 5.61. The van der Waals surface area contributed by atoms with Crippen molar-refractivity contribution in [3.63, 3.8) is 0 Å². The number of anilines is 1. The first-order valence-electron chi connectivity index (χ1n) is 6.49. The minimum atomic E-state index is -4.51. The molecule has 2 aromatic heterocycles. The Kier molecular flexibility index (Phi) is 3.81. The molecule has 1 aliphatic rings. The van der Waals surface area contributed by atoms with E-state index in [4.69, 9.17) is 0 Å². The third-order valence-corrected chi connectivity index (χ3v) is 4.01. The Balaban J connectivity index is 2.04. The molecule has 0 radical (unpaired) electrons. The van der Waals surface area contributed by atoms with Crippen molar-refractivity contribution in [2.75, 3.05) is 31.1 Å². The maximum atomic E-state index is 13.1. The number of nitrogens with zero attached hydrogens (tertiary/aromatic N) is 3. The van der Waals surface area contributed by atoms with Crippen molar-refractivity contribution >= 4 is 17.2 Å². The quantitative estimate of drug-likeness (QED) is 0.925. The molecule has 112 valence electrons. The van der Waals surface area contributed by atoms with Crippen LogP contribution < -0.4 is 10.2 Å². The molecule has 0 atom stereocenters. The molecule has 4 nitrogen and oxygen atoms in total. The lowest BCUT2D eigenvalue weighted by Gasteiger charge is -2.28. The molecule has 0 bridgehead atoms. The highest BCUT2D eigenvalue weighted by Crippen LogP contribution is 2.37. The normalized spacial score (nSPS) is 16.2. The largest absolute Gasteiger partial charge is 0.435 e. The Bertz CT molecular complexity index is 606. The van der Waals surface area contributed by atoms with Crippen LogP contribution in [0, 0.1) is 0 Å². The van der Waals surface area contributed by atoms with Crippen molar-refractivity contribution in [1.29, 1.82) is 0 Å². The van der Waals surface area contributed by atoms with Crippen LogP contribution in [0.15, 0.2) is 22.9 Å². The van der Waals surface area contributed by atoms with Crippen LogP contribution in [0.5, 0.6) is 0 Å².